The molecule has 0 aliphatic carbocycles. The van der Waals surface area contributed by atoms with Crippen LogP contribution in [-0.2, 0) is 4.79 Å². The molecule has 5 heteroatoms. The van der Waals surface area contributed by atoms with Crippen LogP contribution >= 0.6 is 11.8 Å². The van der Waals surface area contributed by atoms with Gasteiger partial charge in [-0.05, 0) is 20.5 Å². The summed E-state index contributed by atoms with van der Waals surface area (Å²) in [6, 6.07) is 0.227. The van der Waals surface area contributed by atoms with E-state index in [1.165, 1.54) is 11.8 Å². The second-order valence-corrected chi connectivity index (χ2v) is 6.92. The third-order valence-corrected chi connectivity index (χ3v) is 4.87. The molecular formula is C12H22N2O2S. The van der Waals surface area contributed by atoms with Gasteiger partial charge in [-0.3, -0.25) is 9.69 Å². The van der Waals surface area contributed by atoms with Crippen LogP contribution in [0.4, 0.5) is 0 Å². The molecule has 0 saturated carbocycles. The van der Waals surface area contributed by atoms with Crippen LogP contribution in [0.5, 0.6) is 0 Å². The molecule has 2 aliphatic heterocycles. The maximum Gasteiger partial charge on any atom is 0.186 e. The van der Waals surface area contributed by atoms with Crippen LogP contribution in [0, 0.1) is 5.92 Å². The van der Waals surface area contributed by atoms with Gasteiger partial charge in [0.1, 0.15) is 0 Å². The van der Waals surface area contributed by atoms with Crippen molar-refractivity contribution in [3.8, 4) is 0 Å². The highest BCUT2D eigenvalue weighted by atomic mass is 32.2. The second kappa shape index (κ2) is 5.26. The largest absolute Gasteiger partial charge is 0.391 e. The molecule has 0 spiro atoms. The van der Waals surface area contributed by atoms with Gasteiger partial charge < -0.3 is 10.0 Å². The molecule has 0 bridgehead atoms. The van der Waals surface area contributed by atoms with E-state index in [9.17, 15) is 9.90 Å². The highest BCUT2D eigenvalue weighted by Gasteiger charge is 2.41. The predicted molar refractivity (Wildman–Crippen MR) is 70.1 cm³/mol. The third kappa shape index (κ3) is 3.02. The summed E-state index contributed by atoms with van der Waals surface area (Å²) < 4.78 is 0. The van der Waals surface area contributed by atoms with Crippen molar-refractivity contribution in [1.82, 2.24) is 9.80 Å². The molecule has 17 heavy (non-hydrogen) atoms. The number of carbonyl (C=O) groups excluding carboxylic acids is 1. The Hall–Kier alpha value is -0.100. The first kappa shape index (κ1) is 13.3. The van der Waals surface area contributed by atoms with Crippen molar-refractivity contribution in [2.75, 3.05) is 33.7 Å². The molecule has 98 valence electrons. The van der Waals surface area contributed by atoms with Gasteiger partial charge in [-0.1, -0.05) is 11.8 Å². The first-order valence-corrected chi connectivity index (χ1v) is 7.09. The van der Waals surface area contributed by atoms with Crippen LogP contribution in [-0.4, -0.2) is 71.1 Å². The zero-order valence-corrected chi connectivity index (χ0v) is 11.6. The SMILES string of the molecule is CC(=O)SC1C[C@@H](C(O)C2CN(C)C2)N(C)C1. The minimum Gasteiger partial charge on any atom is -0.391 e. The fourth-order valence-electron chi connectivity index (χ4n) is 2.98. The predicted octanol–water partition coefficient (Wildman–Crippen LogP) is 0.261. The summed E-state index contributed by atoms with van der Waals surface area (Å²) in [5, 5.41) is 10.9. The first-order chi connectivity index (χ1) is 7.97. The summed E-state index contributed by atoms with van der Waals surface area (Å²) in [7, 11) is 4.13. The van der Waals surface area contributed by atoms with E-state index in [2.05, 4.69) is 23.9 Å². The van der Waals surface area contributed by atoms with Gasteiger partial charge in [-0.25, -0.2) is 0 Å². The summed E-state index contributed by atoms with van der Waals surface area (Å²) in [6.45, 7) is 4.52. The maximum atomic E-state index is 11.1. The topological polar surface area (TPSA) is 43.8 Å². The number of aliphatic hydroxyl groups excluding tert-OH is 1. The number of likely N-dealkylation sites (tertiary alicyclic amines) is 2. The Morgan fingerprint density at radius 2 is 2.00 bits per heavy atom. The van der Waals surface area contributed by atoms with E-state index in [-0.39, 0.29) is 17.3 Å². The molecule has 2 rings (SSSR count). The van der Waals surface area contributed by atoms with E-state index >= 15 is 0 Å². The number of aliphatic hydroxyl groups is 1. The van der Waals surface area contributed by atoms with Gasteiger partial charge in [0.25, 0.3) is 0 Å². The minimum atomic E-state index is -0.242. The molecule has 0 radical (unpaired) electrons. The average Bonchev–Trinajstić information content (AvgIpc) is 2.52. The Balaban J connectivity index is 1.86. The number of rotatable bonds is 3. The van der Waals surface area contributed by atoms with Crippen molar-refractivity contribution in [3.05, 3.63) is 0 Å². The van der Waals surface area contributed by atoms with Crippen LogP contribution in [0.15, 0.2) is 0 Å². The van der Waals surface area contributed by atoms with E-state index in [1.807, 2.05) is 0 Å². The fraction of sp³-hybridized carbons (Fsp3) is 0.917. The number of carbonyl (C=O) groups is 1. The van der Waals surface area contributed by atoms with Crippen LogP contribution in [0.1, 0.15) is 13.3 Å². The fourth-order valence-corrected chi connectivity index (χ4v) is 4.05. The molecule has 2 unspecified atom stereocenters. The number of likely N-dealkylation sites (N-methyl/N-ethyl adjacent to an activating group) is 1. The number of thioether (sulfide) groups is 1. The van der Waals surface area contributed by atoms with Crippen molar-refractivity contribution in [1.29, 1.82) is 0 Å². The average molecular weight is 258 g/mol. The minimum absolute atomic E-state index is 0.182. The molecule has 0 aromatic carbocycles. The summed E-state index contributed by atoms with van der Waals surface area (Å²) in [4.78, 5) is 15.5. The molecule has 4 nitrogen and oxygen atoms in total. The van der Waals surface area contributed by atoms with Crippen LogP contribution in [0.25, 0.3) is 0 Å². The zero-order valence-electron chi connectivity index (χ0n) is 10.8. The molecule has 0 aromatic rings. The van der Waals surface area contributed by atoms with Gasteiger partial charge in [0.15, 0.2) is 5.12 Å². The van der Waals surface area contributed by atoms with Crippen LogP contribution < -0.4 is 0 Å². The lowest BCUT2D eigenvalue weighted by molar-refractivity contribution is -0.109. The molecule has 0 amide bonds. The van der Waals surface area contributed by atoms with Gasteiger partial charge in [0, 0.05) is 43.8 Å². The molecule has 3 atom stereocenters. The monoisotopic (exact) mass is 258 g/mol. The lowest BCUT2D eigenvalue weighted by Crippen LogP contribution is -2.54. The number of hydrogen-bond donors (Lipinski definition) is 1. The van der Waals surface area contributed by atoms with Crippen LogP contribution in [0.2, 0.25) is 0 Å². The Morgan fingerprint density at radius 1 is 1.35 bits per heavy atom. The Kier molecular flexibility index (Phi) is 4.13. The lowest BCUT2D eigenvalue weighted by Gasteiger charge is -2.42. The molecular weight excluding hydrogens is 236 g/mol. The second-order valence-electron chi connectivity index (χ2n) is 5.45. The van der Waals surface area contributed by atoms with Crippen molar-refractivity contribution >= 4 is 16.9 Å². The summed E-state index contributed by atoms with van der Waals surface area (Å²) >= 11 is 1.42. The van der Waals surface area contributed by atoms with Crippen molar-refractivity contribution in [2.45, 2.75) is 30.7 Å². The third-order valence-electron chi connectivity index (χ3n) is 3.86. The Bertz CT molecular complexity index is 294. The molecule has 2 saturated heterocycles. The van der Waals surface area contributed by atoms with Crippen molar-refractivity contribution in [2.24, 2.45) is 5.92 Å². The van der Waals surface area contributed by atoms with E-state index in [1.54, 1.807) is 6.92 Å². The standard InChI is InChI=1S/C12H22N2O2S/c1-8(15)17-10-4-11(14(3)7-10)12(16)9-5-13(2)6-9/h9-12,16H,4-7H2,1-3H3/t10?,11-,12?/m0/s1. The smallest absolute Gasteiger partial charge is 0.186 e. The quantitative estimate of drug-likeness (QED) is 0.787. The van der Waals surface area contributed by atoms with E-state index in [0.29, 0.717) is 11.2 Å². The summed E-state index contributed by atoms with van der Waals surface area (Å²) in [5.41, 5.74) is 0. The van der Waals surface area contributed by atoms with Gasteiger partial charge >= 0.3 is 0 Å². The Labute approximate surface area is 107 Å². The first-order valence-electron chi connectivity index (χ1n) is 6.21. The lowest BCUT2D eigenvalue weighted by atomic mass is 9.89. The van der Waals surface area contributed by atoms with Crippen molar-refractivity contribution in [3.63, 3.8) is 0 Å². The number of hydrogen-bond acceptors (Lipinski definition) is 5. The van der Waals surface area contributed by atoms with Gasteiger partial charge in [-0.2, -0.15) is 0 Å². The molecule has 2 aliphatic rings. The molecule has 1 N–H and O–H groups in total. The molecule has 2 heterocycles. The van der Waals surface area contributed by atoms with Crippen LogP contribution in [0.3, 0.4) is 0 Å². The normalized spacial score (nSPS) is 33.6. The zero-order chi connectivity index (χ0) is 12.6. The van der Waals surface area contributed by atoms with E-state index in [0.717, 1.165) is 26.1 Å². The summed E-state index contributed by atoms with van der Waals surface area (Å²) in [5.74, 6) is 0.411. The maximum absolute atomic E-state index is 11.1. The van der Waals surface area contributed by atoms with E-state index < -0.39 is 0 Å². The highest BCUT2D eigenvalue weighted by molar-refractivity contribution is 8.14. The summed E-state index contributed by atoms with van der Waals surface area (Å²) in [6.07, 6.45) is 0.691. The van der Waals surface area contributed by atoms with E-state index in [4.69, 9.17) is 0 Å². The van der Waals surface area contributed by atoms with Gasteiger partial charge in [-0.15, -0.1) is 0 Å². The van der Waals surface area contributed by atoms with Gasteiger partial charge in [0.2, 0.25) is 0 Å². The molecule has 2 fully saturated rings. The highest BCUT2D eigenvalue weighted by Crippen LogP contribution is 2.32. The van der Waals surface area contributed by atoms with Gasteiger partial charge in [0.05, 0.1) is 6.10 Å². The molecule has 0 aromatic heterocycles. The van der Waals surface area contributed by atoms with Crippen molar-refractivity contribution < 1.29 is 9.90 Å². The Morgan fingerprint density at radius 3 is 2.53 bits per heavy atom. The number of nitrogens with zero attached hydrogens (tertiary/aromatic N) is 2.